The average Bonchev–Trinajstić information content (AvgIpc) is 3.30. The molecule has 9 heteroatoms. The van der Waals surface area contributed by atoms with Crippen LogP contribution in [0.5, 0.6) is 11.5 Å². The molecule has 1 saturated carbocycles. The third-order valence-corrected chi connectivity index (χ3v) is 6.83. The standard InChI is InChI=1S/C23H31F3N2O4.CH4/c24-23(25,26)17-6-3-15(4-7-17)22(30)27-18(14-28-9-1-2-10-28)21(29)16-5-8-19-20(13-16)32-12-11-31-19;/h5,8,13,15,17-18,21,29H,1-4,6-7,9-12,14H2,(H,27,30);1H4/t15?,17?,18-,21-;/m1./s1. The highest BCUT2D eigenvalue weighted by atomic mass is 19.4. The van der Waals surface area contributed by atoms with Gasteiger partial charge in [0.1, 0.15) is 19.3 Å². The molecule has 0 radical (unpaired) electrons. The Hall–Kier alpha value is -2.00. The molecule has 2 fully saturated rings. The van der Waals surface area contributed by atoms with E-state index in [2.05, 4.69) is 10.2 Å². The molecule has 1 amide bonds. The summed E-state index contributed by atoms with van der Waals surface area (Å²) in [5.41, 5.74) is 0.611. The van der Waals surface area contributed by atoms with Crippen molar-refractivity contribution in [3.05, 3.63) is 23.8 Å². The minimum absolute atomic E-state index is 0. The predicted octanol–water partition coefficient (Wildman–Crippen LogP) is 4.08. The van der Waals surface area contributed by atoms with Crippen molar-refractivity contribution in [3.63, 3.8) is 0 Å². The van der Waals surface area contributed by atoms with E-state index in [0.29, 0.717) is 36.8 Å². The van der Waals surface area contributed by atoms with E-state index in [1.165, 1.54) is 0 Å². The number of amides is 1. The molecule has 1 saturated heterocycles. The van der Waals surface area contributed by atoms with E-state index in [9.17, 15) is 23.1 Å². The monoisotopic (exact) mass is 472 g/mol. The van der Waals surface area contributed by atoms with E-state index in [4.69, 9.17) is 9.47 Å². The Labute approximate surface area is 193 Å². The van der Waals surface area contributed by atoms with Gasteiger partial charge < -0.3 is 24.8 Å². The Balaban J connectivity index is 0.00000306. The fourth-order valence-corrected chi connectivity index (χ4v) is 4.93. The summed E-state index contributed by atoms with van der Waals surface area (Å²) in [7, 11) is 0. The van der Waals surface area contributed by atoms with E-state index in [1.54, 1.807) is 18.2 Å². The van der Waals surface area contributed by atoms with Crippen LogP contribution in [0.1, 0.15) is 57.6 Å². The van der Waals surface area contributed by atoms with Gasteiger partial charge in [0.25, 0.3) is 0 Å². The van der Waals surface area contributed by atoms with Gasteiger partial charge in [-0.1, -0.05) is 13.5 Å². The number of alkyl halides is 3. The Bertz CT molecular complexity index is 790. The van der Waals surface area contributed by atoms with Crippen LogP contribution in [-0.4, -0.2) is 61.0 Å². The number of aliphatic hydroxyl groups is 1. The molecular formula is C24H35F3N2O4. The SMILES string of the molecule is C.O=C(N[C@H](CN1CCCC1)[C@H](O)c1ccc2c(c1)OCCO2)C1CCC(C(F)(F)F)CC1. The smallest absolute Gasteiger partial charge is 0.391 e. The van der Waals surface area contributed by atoms with Gasteiger partial charge in [0, 0.05) is 12.5 Å². The van der Waals surface area contributed by atoms with Crippen molar-refractivity contribution < 1.29 is 32.5 Å². The van der Waals surface area contributed by atoms with Gasteiger partial charge in [-0.25, -0.2) is 0 Å². The molecule has 1 aromatic carbocycles. The number of halogens is 3. The van der Waals surface area contributed by atoms with Crippen LogP contribution in [-0.2, 0) is 4.79 Å². The van der Waals surface area contributed by atoms with E-state index in [1.807, 2.05) is 0 Å². The number of rotatable bonds is 6. The number of aliphatic hydroxyl groups excluding tert-OH is 1. The fraction of sp³-hybridized carbons (Fsp3) is 0.708. The first-order chi connectivity index (χ1) is 15.3. The highest BCUT2D eigenvalue weighted by Crippen LogP contribution is 2.40. The number of carbonyl (C=O) groups is 1. The van der Waals surface area contributed by atoms with Gasteiger partial charge in [-0.3, -0.25) is 4.79 Å². The summed E-state index contributed by atoms with van der Waals surface area (Å²) >= 11 is 0. The van der Waals surface area contributed by atoms with E-state index >= 15 is 0 Å². The predicted molar refractivity (Wildman–Crippen MR) is 118 cm³/mol. The van der Waals surface area contributed by atoms with Crippen molar-refractivity contribution in [2.75, 3.05) is 32.8 Å². The van der Waals surface area contributed by atoms with Crippen molar-refractivity contribution >= 4 is 5.91 Å². The number of benzene rings is 1. The van der Waals surface area contributed by atoms with Crippen LogP contribution in [0.4, 0.5) is 13.2 Å². The molecule has 0 aromatic heterocycles. The highest BCUT2D eigenvalue weighted by Gasteiger charge is 2.43. The molecule has 4 rings (SSSR count). The molecule has 1 aliphatic carbocycles. The lowest BCUT2D eigenvalue weighted by Gasteiger charge is -2.33. The average molecular weight is 473 g/mol. The zero-order valence-corrected chi connectivity index (χ0v) is 18.1. The number of hydrogen-bond acceptors (Lipinski definition) is 5. The first-order valence-electron chi connectivity index (χ1n) is 11.5. The zero-order valence-electron chi connectivity index (χ0n) is 18.1. The number of likely N-dealkylation sites (tertiary alicyclic amines) is 1. The summed E-state index contributed by atoms with van der Waals surface area (Å²) in [6.45, 7) is 3.19. The fourth-order valence-electron chi connectivity index (χ4n) is 4.93. The molecule has 2 heterocycles. The quantitative estimate of drug-likeness (QED) is 0.653. The van der Waals surface area contributed by atoms with Gasteiger partial charge in [-0.15, -0.1) is 0 Å². The second kappa shape index (κ2) is 11.0. The molecule has 6 nitrogen and oxygen atoms in total. The molecule has 2 aliphatic heterocycles. The van der Waals surface area contributed by atoms with Crippen LogP contribution >= 0.6 is 0 Å². The molecule has 0 unspecified atom stereocenters. The van der Waals surface area contributed by atoms with E-state index in [0.717, 1.165) is 25.9 Å². The largest absolute Gasteiger partial charge is 0.486 e. The van der Waals surface area contributed by atoms with Crippen LogP contribution in [0.2, 0.25) is 0 Å². The van der Waals surface area contributed by atoms with Gasteiger partial charge in [0.2, 0.25) is 5.91 Å². The van der Waals surface area contributed by atoms with Crippen LogP contribution < -0.4 is 14.8 Å². The van der Waals surface area contributed by atoms with Crippen LogP contribution in [0, 0.1) is 11.8 Å². The number of nitrogens with one attached hydrogen (secondary N) is 1. The second-order valence-corrected chi connectivity index (χ2v) is 9.06. The third-order valence-electron chi connectivity index (χ3n) is 6.83. The van der Waals surface area contributed by atoms with Crippen molar-refractivity contribution in [2.24, 2.45) is 11.8 Å². The summed E-state index contributed by atoms with van der Waals surface area (Å²) < 4.78 is 50.0. The molecule has 0 spiro atoms. The lowest BCUT2D eigenvalue weighted by Crippen LogP contribution is -2.49. The maximum atomic E-state index is 13.0. The first kappa shape index (κ1) is 25.6. The van der Waals surface area contributed by atoms with Crippen molar-refractivity contribution in [1.82, 2.24) is 10.2 Å². The molecule has 2 atom stereocenters. The molecular weight excluding hydrogens is 437 g/mol. The molecule has 0 bridgehead atoms. The number of carbonyl (C=O) groups excluding carboxylic acids is 1. The zero-order chi connectivity index (χ0) is 22.7. The summed E-state index contributed by atoms with van der Waals surface area (Å²) in [6.07, 6.45) is -2.65. The van der Waals surface area contributed by atoms with E-state index in [-0.39, 0.29) is 39.0 Å². The normalized spacial score (nSPS) is 25.1. The van der Waals surface area contributed by atoms with Crippen LogP contribution in [0.25, 0.3) is 0 Å². The lowest BCUT2D eigenvalue weighted by atomic mass is 9.81. The van der Waals surface area contributed by atoms with Crippen LogP contribution in [0.3, 0.4) is 0 Å². The highest BCUT2D eigenvalue weighted by molar-refractivity contribution is 5.79. The summed E-state index contributed by atoms with van der Waals surface area (Å²) in [6, 6.07) is 4.68. The molecule has 1 aromatic rings. The van der Waals surface area contributed by atoms with Gasteiger partial charge in [0.05, 0.1) is 12.0 Å². The number of fused-ring (bicyclic) bond motifs is 1. The number of nitrogens with zero attached hydrogens (tertiary/aromatic N) is 1. The topological polar surface area (TPSA) is 71.0 Å². The van der Waals surface area contributed by atoms with Gasteiger partial charge in [-0.05, 0) is 69.3 Å². The first-order valence-corrected chi connectivity index (χ1v) is 11.5. The molecule has 33 heavy (non-hydrogen) atoms. The second-order valence-electron chi connectivity index (χ2n) is 9.06. The maximum Gasteiger partial charge on any atom is 0.391 e. The molecule has 2 N–H and O–H groups in total. The minimum Gasteiger partial charge on any atom is -0.486 e. The summed E-state index contributed by atoms with van der Waals surface area (Å²) in [4.78, 5) is 15.1. The summed E-state index contributed by atoms with van der Waals surface area (Å²) in [5, 5.41) is 14.1. The minimum atomic E-state index is -4.20. The Morgan fingerprint density at radius 3 is 2.36 bits per heavy atom. The Morgan fingerprint density at radius 2 is 1.73 bits per heavy atom. The lowest BCUT2D eigenvalue weighted by molar-refractivity contribution is -0.184. The van der Waals surface area contributed by atoms with Crippen molar-refractivity contribution in [1.29, 1.82) is 0 Å². The maximum absolute atomic E-state index is 13.0. The van der Waals surface area contributed by atoms with Gasteiger partial charge in [0.15, 0.2) is 11.5 Å². The van der Waals surface area contributed by atoms with Crippen LogP contribution in [0.15, 0.2) is 18.2 Å². The van der Waals surface area contributed by atoms with Crippen molar-refractivity contribution in [2.45, 2.75) is 64.3 Å². The number of hydrogen-bond donors (Lipinski definition) is 2. The van der Waals surface area contributed by atoms with Gasteiger partial charge >= 0.3 is 6.18 Å². The summed E-state index contributed by atoms with van der Waals surface area (Å²) in [5.74, 6) is -0.873. The third kappa shape index (κ3) is 6.32. The Kier molecular flexibility index (Phi) is 8.50. The van der Waals surface area contributed by atoms with Gasteiger partial charge in [-0.2, -0.15) is 13.2 Å². The number of ether oxygens (including phenoxy) is 2. The molecule has 3 aliphatic rings. The van der Waals surface area contributed by atoms with Crippen molar-refractivity contribution in [3.8, 4) is 11.5 Å². The Morgan fingerprint density at radius 1 is 1.09 bits per heavy atom. The van der Waals surface area contributed by atoms with E-state index < -0.39 is 30.2 Å². The molecule has 186 valence electrons.